The lowest BCUT2D eigenvalue weighted by Gasteiger charge is -2.41. The van der Waals surface area contributed by atoms with Gasteiger partial charge in [-0.25, -0.2) is 0 Å². The maximum Gasteiger partial charge on any atom is 0.246 e. The molecule has 26 heavy (non-hydrogen) atoms. The molecule has 0 aliphatic carbocycles. The summed E-state index contributed by atoms with van der Waals surface area (Å²) in [5, 5.41) is 17.4. The minimum absolute atomic E-state index is 0.131. The van der Waals surface area contributed by atoms with E-state index in [4.69, 9.17) is 0 Å². The van der Waals surface area contributed by atoms with Gasteiger partial charge in [-0.3, -0.25) is 14.4 Å². The van der Waals surface area contributed by atoms with Crippen molar-refractivity contribution in [3.63, 3.8) is 0 Å². The highest BCUT2D eigenvalue weighted by Gasteiger charge is 2.43. The number of piperidine rings is 1. The smallest absolute Gasteiger partial charge is 0.246 e. The van der Waals surface area contributed by atoms with Gasteiger partial charge in [-0.1, -0.05) is 20.8 Å². The molecule has 0 radical (unpaired) electrons. The molecule has 1 rings (SSSR count). The Morgan fingerprint density at radius 3 is 2.27 bits per heavy atom. The van der Waals surface area contributed by atoms with Crippen molar-refractivity contribution >= 4 is 25.6 Å². The number of nitrogens with one attached hydrogen (secondary N) is 4. The molecule has 1 saturated heterocycles. The monoisotopic (exact) mass is 369 g/mol. The van der Waals surface area contributed by atoms with Crippen LogP contribution in [0.15, 0.2) is 0 Å². The number of carbonyl (C=O) groups is 3. The number of rotatable bonds is 9. The minimum atomic E-state index is -1.08. The van der Waals surface area contributed by atoms with Crippen molar-refractivity contribution in [2.75, 3.05) is 32.6 Å². The number of hydroxylamine groups is 1. The molecular formula is C16H32BN5O4. The van der Waals surface area contributed by atoms with Crippen LogP contribution < -0.4 is 21.4 Å². The first-order valence-corrected chi connectivity index (χ1v) is 9.28. The average Bonchev–Trinajstić information content (AvgIpc) is 2.60. The standard InChI is InChI=1S/C16H32BN5O4/c1-4-22-7-5-16(6-8-22,15(25)18-9-12(23)19-10-17)20-14(24)13(21-26)11(2)3/h11,13,21,26H,4-10,17H2,1-3H3,(H,18,25)(H,19,23)(H,20,24)/t13-/m0/s1. The van der Waals surface area contributed by atoms with Gasteiger partial charge in [-0.2, -0.15) is 5.48 Å². The molecule has 0 unspecified atom stereocenters. The fraction of sp³-hybridized carbons (Fsp3) is 0.812. The van der Waals surface area contributed by atoms with Crippen molar-refractivity contribution < 1.29 is 19.6 Å². The van der Waals surface area contributed by atoms with Crippen LogP contribution in [-0.2, 0) is 14.4 Å². The van der Waals surface area contributed by atoms with E-state index in [1.54, 1.807) is 21.7 Å². The fourth-order valence-corrected chi connectivity index (χ4v) is 3.07. The number of likely N-dealkylation sites (tertiary alicyclic amines) is 1. The predicted octanol–water partition coefficient (Wildman–Crippen LogP) is -2.22. The summed E-state index contributed by atoms with van der Waals surface area (Å²) in [4.78, 5) is 39.2. The van der Waals surface area contributed by atoms with Crippen LogP contribution in [0.2, 0.25) is 0 Å². The van der Waals surface area contributed by atoms with Gasteiger partial charge in [0.2, 0.25) is 17.7 Å². The van der Waals surface area contributed by atoms with Crippen LogP contribution in [-0.4, -0.2) is 79.9 Å². The quantitative estimate of drug-likeness (QED) is 0.232. The first-order chi connectivity index (χ1) is 12.3. The Kier molecular flexibility index (Phi) is 9.04. The molecule has 0 spiro atoms. The van der Waals surface area contributed by atoms with Gasteiger partial charge < -0.3 is 26.1 Å². The van der Waals surface area contributed by atoms with E-state index in [0.29, 0.717) is 32.4 Å². The van der Waals surface area contributed by atoms with E-state index in [9.17, 15) is 19.6 Å². The van der Waals surface area contributed by atoms with Gasteiger partial charge in [0.05, 0.1) is 6.54 Å². The number of carbonyl (C=O) groups excluding carboxylic acids is 3. The van der Waals surface area contributed by atoms with Gasteiger partial charge in [0, 0.05) is 13.1 Å². The fourth-order valence-electron chi connectivity index (χ4n) is 3.07. The van der Waals surface area contributed by atoms with Crippen LogP contribution in [0.25, 0.3) is 0 Å². The normalized spacial score (nSPS) is 18.2. The van der Waals surface area contributed by atoms with Crippen LogP contribution >= 0.6 is 0 Å². The van der Waals surface area contributed by atoms with Crippen LogP contribution in [0.1, 0.15) is 33.6 Å². The third-order valence-corrected chi connectivity index (χ3v) is 4.83. The van der Waals surface area contributed by atoms with E-state index in [2.05, 4.69) is 20.9 Å². The molecule has 9 nitrogen and oxygen atoms in total. The molecule has 1 heterocycles. The second kappa shape index (κ2) is 10.5. The zero-order valence-corrected chi connectivity index (χ0v) is 16.2. The predicted molar refractivity (Wildman–Crippen MR) is 100 cm³/mol. The summed E-state index contributed by atoms with van der Waals surface area (Å²) in [6.07, 6.45) is 1.38. The summed E-state index contributed by atoms with van der Waals surface area (Å²) in [6.45, 7) is 7.73. The highest BCUT2D eigenvalue weighted by Crippen LogP contribution is 2.23. The lowest BCUT2D eigenvalue weighted by atomic mass is 9.85. The summed E-state index contributed by atoms with van der Waals surface area (Å²) in [6, 6.07) is -0.813. The first-order valence-electron chi connectivity index (χ1n) is 9.28. The van der Waals surface area contributed by atoms with Crippen molar-refractivity contribution in [3.8, 4) is 0 Å². The van der Waals surface area contributed by atoms with Crippen LogP contribution in [0.5, 0.6) is 0 Å². The SMILES string of the molecule is BCNC(=O)CNC(=O)C1(NC(=O)[C@@H](NO)C(C)C)CCN(CC)CC1. The summed E-state index contributed by atoms with van der Waals surface area (Å²) in [7, 11) is 1.80. The van der Waals surface area contributed by atoms with Gasteiger partial charge in [-0.05, 0) is 31.7 Å². The van der Waals surface area contributed by atoms with E-state index >= 15 is 0 Å². The third kappa shape index (κ3) is 5.96. The zero-order valence-electron chi connectivity index (χ0n) is 16.2. The molecule has 3 amide bonds. The highest BCUT2D eigenvalue weighted by molar-refractivity contribution is 6.10. The molecule has 148 valence electrons. The molecule has 1 aliphatic heterocycles. The Morgan fingerprint density at radius 2 is 1.81 bits per heavy atom. The van der Waals surface area contributed by atoms with Gasteiger partial charge >= 0.3 is 0 Å². The number of hydrogen-bond donors (Lipinski definition) is 5. The molecule has 0 bridgehead atoms. The molecule has 5 N–H and O–H groups in total. The minimum Gasteiger partial charge on any atom is -0.363 e. The van der Waals surface area contributed by atoms with Gasteiger partial charge in [0.15, 0.2) is 0 Å². The molecule has 1 atom stereocenters. The lowest BCUT2D eigenvalue weighted by Crippen LogP contribution is -2.66. The molecular weight excluding hydrogens is 337 g/mol. The Labute approximate surface area is 156 Å². The van der Waals surface area contributed by atoms with Crippen LogP contribution in [0.4, 0.5) is 0 Å². The van der Waals surface area contributed by atoms with Gasteiger partial charge in [0.1, 0.15) is 19.4 Å². The molecule has 0 aromatic heterocycles. The number of amides is 3. The van der Waals surface area contributed by atoms with Crippen molar-refractivity contribution in [1.29, 1.82) is 0 Å². The second-order valence-corrected chi connectivity index (χ2v) is 6.99. The van der Waals surface area contributed by atoms with E-state index in [1.807, 2.05) is 12.4 Å². The van der Waals surface area contributed by atoms with Crippen molar-refractivity contribution in [3.05, 3.63) is 0 Å². The molecule has 1 aliphatic rings. The molecule has 0 aromatic rings. The second-order valence-electron chi connectivity index (χ2n) is 6.99. The van der Waals surface area contributed by atoms with Crippen molar-refractivity contribution in [1.82, 2.24) is 26.3 Å². The van der Waals surface area contributed by atoms with Gasteiger partial charge in [0.25, 0.3) is 0 Å². The lowest BCUT2D eigenvalue weighted by molar-refractivity contribution is -0.139. The Morgan fingerprint density at radius 1 is 1.19 bits per heavy atom. The molecule has 1 fully saturated rings. The number of hydrogen-bond acceptors (Lipinski definition) is 6. The molecule has 10 heteroatoms. The number of nitrogens with zero attached hydrogens (tertiary/aromatic N) is 1. The third-order valence-electron chi connectivity index (χ3n) is 4.83. The van der Waals surface area contributed by atoms with Crippen molar-refractivity contribution in [2.24, 2.45) is 5.92 Å². The summed E-state index contributed by atoms with van der Waals surface area (Å²) < 4.78 is 0. The molecule has 0 saturated carbocycles. The van der Waals surface area contributed by atoms with Gasteiger partial charge in [-0.15, -0.1) is 0 Å². The van der Waals surface area contributed by atoms with Crippen molar-refractivity contribution in [2.45, 2.75) is 45.2 Å². The maximum absolute atomic E-state index is 12.8. The van der Waals surface area contributed by atoms with Crippen LogP contribution in [0, 0.1) is 5.92 Å². The highest BCUT2D eigenvalue weighted by atomic mass is 16.5. The largest absolute Gasteiger partial charge is 0.363 e. The van der Waals surface area contributed by atoms with E-state index < -0.39 is 17.5 Å². The van der Waals surface area contributed by atoms with Crippen LogP contribution in [0.3, 0.4) is 0 Å². The summed E-state index contributed by atoms with van der Waals surface area (Å²) in [5.74, 6) is -1.22. The average molecular weight is 369 g/mol. The van der Waals surface area contributed by atoms with E-state index in [-0.39, 0.29) is 24.3 Å². The maximum atomic E-state index is 12.8. The Balaban J connectivity index is 2.88. The van der Waals surface area contributed by atoms with E-state index in [1.165, 1.54) is 0 Å². The topological polar surface area (TPSA) is 123 Å². The van der Waals surface area contributed by atoms with E-state index in [0.717, 1.165) is 6.54 Å². The first kappa shape index (κ1) is 22.4. The summed E-state index contributed by atoms with van der Waals surface area (Å²) >= 11 is 0. The Bertz CT molecular complexity index is 495. The zero-order chi connectivity index (χ0) is 19.7. The summed E-state index contributed by atoms with van der Waals surface area (Å²) in [5.41, 5.74) is 0.932. The Hall–Kier alpha value is -1.65. The molecule has 0 aromatic carbocycles.